The molecule has 0 spiro atoms. The van der Waals surface area contributed by atoms with E-state index in [1.165, 1.54) is 57.1 Å². The first-order chi connectivity index (χ1) is 8.86. The van der Waals surface area contributed by atoms with Gasteiger partial charge < -0.3 is 5.73 Å². The molecule has 4 nitrogen and oxygen atoms in total. The van der Waals surface area contributed by atoms with E-state index in [0.717, 1.165) is 12.2 Å². The minimum absolute atomic E-state index is 0.529. The van der Waals surface area contributed by atoms with E-state index < -0.39 is 0 Å². The Morgan fingerprint density at radius 3 is 2.61 bits per heavy atom. The molecule has 0 saturated heterocycles. The van der Waals surface area contributed by atoms with Crippen molar-refractivity contribution in [3.05, 3.63) is 11.4 Å². The normalized spacial score (nSPS) is 15.9. The van der Waals surface area contributed by atoms with Gasteiger partial charge in [0.25, 0.3) is 0 Å². The van der Waals surface area contributed by atoms with Gasteiger partial charge in [-0.3, -0.25) is 0 Å². The Kier molecular flexibility index (Phi) is 5.17. The quantitative estimate of drug-likeness (QED) is 0.722. The lowest BCUT2D eigenvalue weighted by Crippen LogP contribution is -2.18. The third-order valence-electron chi connectivity index (χ3n) is 4.01. The number of rotatable bonds is 8. The van der Waals surface area contributed by atoms with E-state index in [0.29, 0.717) is 12.5 Å². The summed E-state index contributed by atoms with van der Waals surface area (Å²) in [5.41, 5.74) is 8.11. The number of nitrogens with zero attached hydrogens (tertiary/aromatic N) is 3. The molecule has 1 aliphatic rings. The molecule has 102 valence electrons. The van der Waals surface area contributed by atoms with E-state index in [2.05, 4.69) is 21.9 Å². The highest BCUT2D eigenvalue weighted by Crippen LogP contribution is 2.37. The van der Waals surface area contributed by atoms with Gasteiger partial charge in [0.1, 0.15) is 0 Å². The van der Waals surface area contributed by atoms with Crippen LogP contribution in [0.2, 0.25) is 0 Å². The van der Waals surface area contributed by atoms with E-state index in [9.17, 15) is 0 Å². The van der Waals surface area contributed by atoms with Crippen LogP contribution in [0.3, 0.4) is 0 Å². The van der Waals surface area contributed by atoms with Crippen LogP contribution in [0.15, 0.2) is 0 Å². The lowest BCUT2D eigenvalue weighted by atomic mass is 9.82. The largest absolute Gasteiger partial charge is 0.325 e. The van der Waals surface area contributed by atoms with Crippen LogP contribution in [0, 0.1) is 0 Å². The summed E-state index contributed by atoms with van der Waals surface area (Å²) in [5, 5.41) is 8.53. The van der Waals surface area contributed by atoms with Crippen LogP contribution in [0.4, 0.5) is 0 Å². The zero-order valence-electron chi connectivity index (χ0n) is 11.6. The Balaban J connectivity index is 1.88. The summed E-state index contributed by atoms with van der Waals surface area (Å²) in [6, 6.07) is 0. The van der Waals surface area contributed by atoms with Gasteiger partial charge in [-0.25, -0.2) is 4.68 Å². The topological polar surface area (TPSA) is 56.7 Å². The van der Waals surface area contributed by atoms with E-state index in [1.54, 1.807) is 0 Å². The number of unbranched alkanes of at least 4 members (excludes halogenated alkanes) is 4. The summed E-state index contributed by atoms with van der Waals surface area (Å²) >= 11 is 0. The molecule has 1 saturated carbocycles. The van der Waals surface area contributed by atoms with Gasteiger partial charge in [-0.15, -0.1) is 5.10 Å². The predicted octanol–water partition coefficient (Wildman–Crippen LogP) is 2.97. The van der Waals surface area contributed by atoms with Gasteiger partial charge in [0.15, 0.2) is 0 Å². The van der Waals surface area contributed by atoms with Crippen LogP contribution in [-0.2, 0) is 13.1 Å². The van der Waals surface area contributed by atoms with Crippen LogP contribution in [0.25, 0.3) is 0 Å². The zero-order valence-corrected chi connectivity index (χ0v) is 11.6. The molecule has 2 N–H and O–H groups in total. The SMILES string of the molecule is CCCCCCCn1nnc(CN)c1C1CCC1. The average Bonchev–Trinajstić information content (AvgIpc) is 2.70. The van der Waals surface area contributed by atoms with Gasteiger partial charge in [-0.2, -0.15) is 0 Å². The third-order valence-corrected chi connectivity index (χ3v) is 4.01. The summed E-state index contributed by atoms with van der Waals surface area (Å²) in [7, 11) is 0. The van der Waals surface area contributed by atoms with Crippen molar-refractivity contribution in [3.63, 3.8) is 0 Å². The van der Waals surface area contributed by atoms with Crippen molar-refractivity contribution in [2.45, 2.75) is 77.3 Å². The van der Waals surface area contributed by atoms with Gasteiger partial charge >= 0.3 is 0 Å². The highest BCUT2D eigenvalue weighted by atomic mass is 15.4. The van der Waals surface area contributed by atoms with Crippen molar-refractivity contribution in [1.82, 2.24) is 15.0 Å². The molecule has 0 radical (unpaired) electrons. The molecule has 0 aliphatic heterocycles. The second kappa shape index (κ2) is 6.88. The first kappa shape index (κ1) is 13.5. The summed E-state index contributed by atoms with van der Waals surface area (Å²) in [6.07, 6.45) is 10.4. The van der Waals surface area contributed by atoms with Crippen molar-refractivity contribution >= 4 is 0 Å². The molecule has 0 aromatic carbocycles. The average molecular weight is 250 g/mol. The van der Waals surface area contributed by atoms with Crippen molar-refractivity contribution in [3.8, 4) is 0 Å². The molecule has 1 aliphatic carbocycles. The molecular formula is C14H26N4. The Hall–Kier alpha value is -0.900. The molecule has 0 unspecified atom stereocenters. The van der Waals surface area contributed by atoms with E-state index >= 15 is 0 Å². The Bertz CT molecular complexity index is 355. The maximum Gasteiger partial charge on any atom is 0.0997 e. The van der Waals surface area contributed by atoms with Crippen molar-refractivity contribution in [1.29, 1.82) is 0 Å². The lowest BCUT2D eigenvalue weighted by Gasteiger charge is -2.26. The summed E-state index contributed by atoms with van der Waals surface area (Å²) in [5.74, 6) is 0.675. The fraction of sp³-hybridized carbons (Fsp3) is 0.857. The van der Waals surface area contributed by atoms with Crippen LogP contribution in [0.5, 0.6) is 0 Å². The van der Waals surface area contributed by atoms with E-state index in [-0.39, 0.29) is 0 Å². The number of hydrogen-bond acceptors (Lipinski definition) is 3. The molecule has 4 heteroatoms. The molecule has 1 fully saturated rings. The smallest absolute Gasteiger partial charge is 0.0997 e. The number of aromatic nitrogens is 3. The van der Waals surface area contributed by atoms with Crippen molar-refractivity contribution < 1.29 is 0 Å². The molecule has 0 bridgehead atoms. The molecule has 2 rings (SSSR count). The number of nitrogens with two attached hydrogens (primary N) is 1. The summed E-state index contributed by atoms with van der Waals surface area (Å²) < 4.78 is 2.12. The Morgan fingerprint density at radius 2 is 2.00 bits per heavy atom. The molecule has 1 aromatic heterocycles. The van der Waals surface area contributed by atoms with Gasteiger partial charge in [0.05, 0.1) is 11.4 Å². The first-order valence-corrected chi connectivity index (χ1v) is 7.49. The lowest BCUT2D eigenvalue weighted by molar-refractivity contribution is 0.380. The third kappa shape index (κ3) is 3.10. The molecule has 1 aromatic rings. The Labute approximate surface area is 110 Å². The molecule has 18 heavy (non-hydrogen) atoms. The highest BCUT2D eigenvalue weighted by molar-refractivity contribution is 5.17. The van der Waals surface area contributed by atoms with Crippen LogP contribution >= 0.6 is 0 Å². The number of hydrogen-bond donors (Lipinski definition) is 1. The monoisotopic (exact) mass is 250 g/mol. The fourth-order valence-corrected chi connectivity index (χ4v) is 2.66. The van der Waals surface area contributed by atoms with E-state index in [1.807, 2.05) is 0 Å². The van der Waals surface area contributed by atoms with Gasteiger partial charge in [0.2, 0.25) is 0 Å². The minimum Gasteiger partial charge on any atom is -0.325 e. The molecule has 0 amide bonds. The second-order valence-corrected chi connectivity index (χ2v) is 5.39. The van der Waals surface area contributed by atoms with Crippen LogP contribution in [-0.4, -0.2) is 15.0 Å². The Morgan fingerprint density at radius 1 is 1.22 bits per heavy atom. The van der Waals surface area contributed by atoms with Crippen molar-refractivity contribution in [2.75, 3.05) is 0 Å². The van der Waals surface area contributed by atoms with Gasteiger partial charge in [0, 0.05) is 19.0 Å². The maximum absolute atomic E-state index is 5.76. The van der Waals surface area contributed by atoms with Crippen LogP contribution in [0.1, 0.15) is 75.6 Å². The maximum atomic E-state index is 5.76. The standard InChI is InChI=1S/C14H26N4/c1-2-3-4-5-6-10-18-14(12-8-7-9-12)13(11-15)16-17-18/h12H,2-11,15H2,1H3. The molecular weight excluding hydrogens is 224 g/mol. The highest BCUT2D eigenvalue weighted by Gasteiger charge is 2.26. The molecule has 0 atom stereocenters. The van der Waals surface area contributed by atoms with Gasteiger partial charge in [-0.1, -0.05) is 44.2 Å². The second-order valence-electron chi connectivity index (χ2n) is 5.39. The fourth-order valence-electron chi connectivity index (χ4n) is 2.66. The summed E-state index contributed by atoms with van der Waals surface area (Å²) in [4.78, 5) is 0. The predicted molar refractivity (Wildman–Crippen MR) is 73.3 cm³/mol. The van der Waals surface area contributed by atoms with Crippen molar-refractivity contribution in [2.24, 2.45) is 5.73 Å². The zero-order chi connectivity index (χ0) is 12.8. The summed E-state index contributed by atoms with van der Waals surface area (Å²) in [6.45, 7) is 3.80. The van der Waals surface area contributed by atoms with E-state index in [4.69, 9.17) is 5.73 Å². The molecule has 1 heterocycles. The van der Waals surface area contributed by atoms with Gasteiger partial charge in [-0.05, 0) is 19.3 Å². The minimum atomic E-state index is 0.529. The first-order valence-electron chi connectivity index (χ1n) is 7.49. The number of aryl methyl sites for hydroxylation is 1. The van der Waals surface area contributed by atoms with Crippen LogP contribution < -0.4 is 5.73 Å².